The summed E-state index contributed by atoms with van der Waals surface area (Å²) in [7, 11) is 0. The van der Waals surface area contributed by atoms with Gasteiger partial charge in [0.15, 0.2) is 0 Å². The summed E-state index contributed by atoms with van der Waals surface area (Å²) < 4.78 is 0.663. The van der Waals surface area contributed by atoms with Gasteiger partial charge in [-0.15, -0.1) is 0 Å². The quantitative estimate of drug-likeness (QED) is 0.856. The molecule has 0 aliphatic rings. The van der Waals surface area contributed by atoms with Crippen molar-refractivity contribution in [3.8, 4) is 0 Å². The van der Waals surface area contributed by atoms with Crippen molar-refractivity contribution in [1.82, 2.24) is 9.97 Å². The summed E-state index contributed by atoms with van der Waals surface area (Å²) in [6.45, 7) is 0. The van der Waals surface area contributed by atoms with Crippen LogP contribution in [-0.2, 0) is 0 Å². The highest BCUT2D eigenvalue weighted by molar-refractivity contribution is 9.10. The van der Waals surface area contributed by atoms with Crippen LogP contribution in [0.15, 0.2) is 41.1 Å². The zero-order valence-electron chi connectivity index (χ0n) is 7.61. The highest BCUT2D eigenvalue weighted by Gasteiger charge is 2.05. The van der Waals surface area contributed by atoms with Crippen molar-refractivity contribution >= 4 is 39.0 Å². The van der Waals surface area contributed by atoms with Gasteiger partial charge in [-0.05, 0) is 28.1 Å². The number of halogens is 2. The van der Waals surface area contributed by atoms with Gasteiger partial charge in [-0.3, -0.25) is 0 Å². The minimum atomic E-state index is 0.392. The molecule has 1 aromatic carbocycles. The fourth-order valence-corrected chi connectivity index (χ4v) is 1.53. The predicted molar refractivity (Wildman–Crippen MR) is 64.5 cm³/mol. The summed E-state index contributed by atoms with van der Waals surface area (Å²) in [6.07, 6.45) is 1.42. The Balaban J connectivity index is 2.29. The Kier molecular flexibility index (Phi) is 3.18. The Morgan fingerprint density at radius 1 is 1.13 bits per heavy atom. The normalized spacial score (nSPS) is 10.0. The molecule has 1 aromatic heterocycles. The van der Waals surface area contributed by atoms with E-state index in [2.05, 4.69) is 31.2 Å². The standard InChI is InChI=1S/C10H7BrClN3/c11-8-9(12)13-6-14-10(8)15-7-4-2-1-3-5-7/h1-6H,(H,13,14,15). The molecular formula is C10H7BrClN3. The Bertz CT molecular complexity index is 461. The molecule has 15 heavy (non-hydrogen) atoms. The summed E-state index contributed by atoms with van der Waals surface area (Å²) in [5.41, 5.74) is 0.952. The van der Waals surface area contributed by atoms with E-state index in [-0.39, 0.29) is 0 Å². The maximum atomic E-state index is 5.84. The molecule has 0 amide bonds. The first-order valence-corrected chi connectivity index (χ1v) is 5.42. The van der Waals surface area contributed by atoms with Crippen LogP contribution >= 0.6 is 27.5 Å². The Hall–Kier alpha value is -1.13. The van der Waals surface area contributed by atoms with Gasteiger partial charge in [-0.2, -0.15) is 0 Å². The van der Waals surface area contributed by atoms with Gasteiger partial charge in [-0.1, -0.05) is 29.8 Å². The molecule has 1 heterocycles. The van der Waals surface area contributed by atoms with Gasteiger partial charge in [-0.25, -0.2) is 9.97 Å². The Labute approximate surface area is 101 Å². The van der Waals surface area contributed by atoms with E-state index in [1.807, 2.05) is 30.3 Å². The number of nitrogens with zero attached hydrogens (tertiary/aromatic N) is 2. The Morgan fingerprint density at radius 2 is 1.87 bits per heavy atom. The average Bonchev–Trinajstić information content (AvgIpc) is 2.26. The number of benzene rings is 1. The molecule has 0 bridgehead atoms. The number of rotatable bonds is 2. The average molecular weight is 285 g/mol. The van der Waals surface area contributed by atoms with E-state index < -0.39 is 0 Å². The predicted octanol–water partition coefficient (Wildman–Crippen LogP) is 3.64. The number of hydrogen-bond donors (Lipinski definition) is 1. The van der Waals surface area contributed by atoms with Crippen LogP contribution in [0.2, 0.25) is 5.15 Å². The molecule has 0 atom stereocenters. The lowest BCUT2D eigenvalue weighted by Crippen LogP contribution is -1.95. The molecule has 0 aliphatic carbocycles. The maximum absolute atomic E-state index is 5.84. The molecule has 0 fully saturated rings. The SMILES string of the molecule is Clc1ncnc(Nc2ccccc2)c1Br. The maximum Gasteiger partial charge on any atom is 0.149 e. The van der Waals surface area contributed by atoms with Crippen molar-refractivity contribution in [2.45, 2.75) is 0 Å². The first-order chi connectivity index (χ1) is 7.27. The zero-order valence-corrected chi connectivity index (χ0v) is 9.96. The van der Waals surface area contributed by atoms with E-state index >= 15 is 0 Å². The molecule has 76 valence electrons. The van der Waals surface area contributed by atoms with Crippen LogP contribution in [0.25, 0.3) is 0 Å². The topological polar surface area (TPSA) is 37.8 Å². The number of nitrogens with one attached hydrogen (secondary N) is 1. The van der Waals surface area contributed by atoms with Crippen LogP contribution < -0.4 is 5.32 Å². The van der Waals surface area contributed by atoms with Crippen molar-refractivity contribution in [3.63, 3.8) is 0 Å². The van der Waals surface area contributed by atoms with E-state index in [1.165, 1.54) is 6.33 Å². The van der Waals surface area contributed by atoms with Crippen LogP contribution in [0.1, 0.15) is 0 Å². The van der Waals surface area contributed by atoms with Gasteiger partial charge in [0.05, 0.1) is 4.47 Å². The van der Waals surface area contributed by atoms with E-state index in [0.717, 1.165) is 5.69 Å². The third-order valence-corrected chi connectivity index (χ3v) is 3.05. The van der Waals surface area contributed by atoms with Crippen LogP contribution in [0.3, 0.4) is 0 Å². The number of anilines is 2. The van der Waals surface area contributed by atoms with Crippen molar-refractivity contribution < 1.29 is 0 Å². The largest absolute Gasteiger partial charge is 0.339 e. The minimum absolute atomic E-state index is 0.392. The molecule has 1 N–H and O–H groups in total. The lowest BCUT2D eigenvalue weighted by atomic mass is 10.3. The molecule has 2 rings (SSSR count). The molecule has 0 unspecified atom stereocenters. The molecule has 5 heteroatoms. The Morgan fingerprint density at radius 3 is 2.60 bits per heavy atom. The monoisotopic (exact) mass is 283 g/mol. The zero-order chi connectivity index (χ0) is 10.7. The first-order valence-electron chi connectivity index (χ1n) is 4.25. The summed E-state index contributed by atoms with van der Waals surface area (Å²) >= 11 is 9.16. The fourth-order valence-electron chi connectivity index (χ4n) is 1.09. The fraction of sp³-hybridized carbons (Fsp3) is 0. The van der Waals surface area contributed by atoms with Gasteiger partial charge >= 0.3 is 0 Å². The second-order valence-corrected chi connectivity index (χ2v) is 3.97. The highest BCUT2D eigenvalue weighted by Crippen LogP contribution is 2.28. The van der Waals surface area contributed by atoms with Crippen molar-refractivity contribution in [2.24, 2.45) is 0 Å². The summed E-state index contributed by atoms with van der Waals surface area (Å²) in [6, 6.07) is 9.73. The van der Waals surface area contributed by atoms with Crippen LogP contribution in [-0.4, -0.2) is 9.97 Å². The number of aromatic nitrogens is 2. The van der Waals surface area contributed by atoms with Crippen LogP contribution in [0, 0.1) is 0 Å². The minimum Gasteiger partial charge on any atom is -0.339 e. The second-order valence-electron chi connectivity index (χ2n) is 2.82. The smallest absolute Gasteiger partial charge is 0.149 e. The van der Waals surface area contributed by atoms with Gasteiger partial charge in [0.2, 0.25) is 0 Å². The second kappa shape index (κ2) is 4.59. The van der Waals surface area contributed by atoms with Crippen LogP contribution in [0.4, 0.5) is 11.5 Å². The highest BCUT2D eigenvalue weighted by atomic mass is 79.9. The lowest BCUT2D eigenvalue weighted by molar-refractivity contribution is 1.15. The molecule has 0 radical (unpaired) electrons. The van der Waals surface area contributed by atoms with Gasteiger partial charge in [0, 0.05) is 5.69 Å². The molecule has 0 saturated carbocycles. The third-order valence-electron chi connectivity index (χ3n) is 1.78. The van der Waals surface area contributed by atoms with E-state index in [9.17, 15) is 0 Å². The van der Waals surface area contributed by atoms with Crippen molar-refractivity contribution in [3.05, 3.63) is 46.3 Å². The molecule has 0 aliphatic heterocycles. The van der Waals surface area contributed by atoms with E-state index in [4.69, 9.17) is 11.6 Å². The lowest BCUT2D eigenvalue weighted by Gasteiger charge is -2.06. The first kappa shape index (κ1) is 10.4. The van der Waals surface area contributed by atoms with Gasteiger partial charge in [0.1, 0.15) is 17.3 Å². The summed E-state index contributed by atoms with van der Waals surface area (Å²) in [5, 5.41) is 3.52. The van der Waals surface area contributed by atoms with E-state index in [0.29, 0.717) is 15.4 Å². The summed E-state index contributed by atoms with van der Waals surface area (Å²) in [5.74, 6) is 0.654. The molecule has 3 nitrogen and oxygen atoms in total. The van der Waals surface area contributed by atoms with Crippen molar-refractivity contribution in [1.29, 1.82) is 0 Å². The molecule has 0 saturated heterocycles. The molecule has 2 aromatic rings. The van der Waals surface area contributed by atoms with Gasteiger partial charge in [0.25, 0.3) is 0 Å². The van der Waals surface area contributed by atoms with Crippen LogP contribution in [0.5, 0.6) is 0 Å². The summed E-state index contributed by atoms with van der Waals surface area (Å²) in [4.78, 5) is 7.93. The number of para-hydroxylation sites is 1. The number of hydrogen-bond acceptors (Lipinski definition) is 3. The third kappa shape index (κ3) is 2.46. The molecular weight excluding hydrogens is 277 g/mol. The van der Waals surface area contributed by atoms with Crippen molar-refractivity contribution in [2.75, 3.05) is 5.32 Å². The van der Waals surface area contributed by atoms with Gasteiger partial charge < -0.3 is 5.32 Å². The molecule has 0 spiro atoms. The van der Waals surface area contributed by atoms with E-state index in [1.54, 1.807) is 0 Å².